The molecule has 0 aromatic heterocycles. The summed E-state index contributed by atoms with van der Waals surface area (Å²) in [7, 11) is 2.17. The van der Waals surface area contributed by atoms with Crippen LogP contribution >= 0.6 is 11.6 Å². The minimum absolute atomic E-state index is 0.0934. The van der Waals surface area contributed by atoms with Gasteiger partial charge in [0.2, 0.25) is 0 Å². The predicted molar refractivity (Wildman–Crippen MR) is 153 cm³/mol. The van der Waals surface area contributed by atoms with Gasteiger partial charge in [0.1, 0.15) is 5.84 Å². The number of rotatable bonds is 12. The molecule has 1 aliphatic heterocycles. The molecule has 3 rings (SSSR count). The summed E-state index contributed by atoms with van der Waals surface area (Å²) in [5, 5.41) is 5.55. The summed E-state index contributed by atoms with van der Waals surface area (Å²) in [5.41, 5.74) is 5.27. The fourth-order valence-corrected chi connectivity index (χ4v) is 4.35. The number of hydroxylamine groups is 2. The zero-order valence-corrected chi connectivity index (χ0v) is 22.6. The molecule has 0 bridgehead atoms. The number of amidine groups is 1. The van der Waals surface area contributed by atoms with Crippen molar-refractivity contribution in [2.75, 3.05) is 32.1 Å². The van der Waals surface area contributed by atoms with E-state index in [9.17, 15) is 0 Å². The van der Waals surface area contributed by atoms with Gasteiger partial charge < -0.3 is 10.2 Å². The SMILES string of the molecule is C=C(CCN(C)CCC)Cc1ccc(N/C(C)=N/C=C(/Cl)C(=C)N2OCC[C@H]2c2ccccc2)cc1. The Kier molecular flexibility index (Phi) is 10.8. The fourth-order valence-electron chi connectivity index (χ4n) is 4.21. The van der Waals surface area contributed by atoms with Crippen molar-refractivity contribution in [3.63, 3.8) is 0 Å². The van der Waals surface area contributed by atoms with Crippen LogP contribution in [0, 0.1) is 0 Å². The first-order valence-corrected chi connectivity index (χ1v) is 13.0. The molecule has 5 nitrogen and oxygen atoms in total. The van der Waals surface area contributed by atoms with Gasteiger partial charge in [-0.1, -0.05) is 79.7 Å². The summed E-state index contributed by atoms with van der Waals surface area (Å²) >= 11 is 6.54. The van der Waals surface area contributed by atoms with E-state index in [-0.39, 0.29) is 6.04 Å². The molecule has 36 heavy (non-hydrogen) atoms. The predicted octanol–water partition coefficient (Wildman–Crippen LogP) is 7.32. The van der Waals surface area contributed by atoms with Crippen LogP contribution in [0.3, 0.4) is 0 Å². The van der Waals surface area contributed by atoms with Crippen LogP contribution in [0.1, 0.15) is 50.3 Å². The largest absolute Gasteiger partial charge is 0.344 e. The Morgan fingerprint density at radius 2 is 1.89 bits per heavy atom. The third-order valence-corrected chi connectivity index (χ3v) is 6.50. The molecule has 1 fully saturated rings. The third-order valence-electron chi connectivity index (χ3n) is 6.19. The Morgan fingerprint density at radius 3 is 2.58 bits per heavy atom. The average molecular weight is 507 g/mol. The van der Waals surface area contributed by atoms with Crippen molar-refractivity contribution >= 4 is 23.1 Å². The second kappa shape index (κ2) is 14.0. The number of nitrogens with zero attached hydrogens (tertiary/aromatic N) is 3. The molecule has 6 heteroatoms. The maximum Gasteiger partial charge on any atom is 0.103 e. The van der Waals surface area contributed by atoms with Crippen molar-refractivity contribution in [1.29, 1.82) is 0 Å². The van der Waals surface area contributed by atoms with Crippen LogP contribution in [-0.4, -0.2) is 42.5 Å². The Bertz CT molecular complexity index is 1060. The van der Waals surface area contributed by atoms with E-state index in [1.54, 1.807) is 11.3 Å². The topological polar surface area (TPSA) is 40.1 Å². The number of hydrogen-bond acceptors (Lipinski definition) is 4. The summed E-state index contributed by atoms with van der Waals surface area (Å²) in [6, 6.07) is 18.8. The number of halogens is 1. The van der Waals surface area contributed by atoms with E-state index in [0.29, 0.717) is 17.3 Å². The van der Waals surface area contributed by atoms with Crippen LogP contribution in [0.4, 0.5) is 5.69 Å². The third kappa shape index (κ3) is 8.37. The molecule has 0 radical (unpaired) electrons. The minimum Gasteiger partial charge on any atom is -0.344 e. The Morgan fingerprint density at radius 1 is 1.17 bits per heavy atom. The lowest BCUT2D eigenvalue weighted by Gasteiger charge is -2.26. The molecule has 192 valence electrons. The normalized spacial score (nSPS) is 16.5. The van der Waals surface area contributed by atoms with E-state index < -0.39 is 0 Å². The molecule has 0 aliphatic carbocycles. The second-order valence-corrected chi connectivity index (χ2v) is 9.72. The first-order valence-electron chi connectivity index (χ1n) is 12.6. The summed E-state index contributed by atoms with van der Waals surface area (Å²) in [4.78, 5) is 12.7. The standard InChI is InChI=1S/C30H39ClN4O/c1-6-18-34(5)19-16-23(2)21-26-12-14-28(15-13-26)33-25(4)32-22-29(31)24(3)35-30(17-20-36-35)27-10-8-7-9-11-27/h7-15,22,30H,2-3,6,16-21H2,1,4-5H3,(H,32,33)/b29-22+/t30-/m0/s1. The molecule has 0 unspecified atom stereocenters. The maximum atomic E-state index is 6.54. The van der Waals surface area contributed by atoms with Gasteiger partial charge in [-0.3, -0.25) is 4.84 Å². The smallest absolute Gasteiger partial charge is 0.103 e. The number of aliphatic imine (C=N–C) groups is 1. The van der Waals surface area contributed by atoms with E-state index in [0.717, 1.165) is 43.9 Å². The highest BCUT2D eigenvalue weighted by Gasteiger charge is 2.29. The first-order chi connectivity index (χ1) is 17.4. The van der Waals surface area contributed by atoms with Crippen molar-refractivity contribution in [2.24, 2.45) is 4.99 Å². The van der Waals surface area contributed by atoms with Gasteiger partial charge in [0.05, 0.1) is 23.4 Å². The second-order valence-electron chi connectivity index (χ2n) is 9.31. The molecule has 0 saturated carbocycles. The van der Waals surface area contributed by atoms with Crippen LogP contribution in [0.2, 0.25) is 0 Å². The number of benzene rings is 2. The molecule has 1 saturated heterocycles. The van der Waals surface area contributed by atoms with Gasteiger partial charge in [-0.15, -0.1) is 0 Å². The summed E-state index contributed by atoms with van der Waals surface area (Å²) in [5.74, 6) is 0.735. The number of anilines is 1. The van der Waals surface area contributed by atoms with Crippen molar-refractivity contribution in [3.05, 3.63) is 101 Å². The molecule has 1 N–H and O–H groups in total. The van der Waals surface area contributed by atoms with Gasteiger partial charge in [-0.2, -0.15) is 0 Å². The lowest BCUT2D eigenvalue weighted by Crippen LogP contribution is -2.21. The molecule has 2 aromatic carbocycles. The van der Waals surface area contributed by atoms with Crippen LogP contribution in [0.25, 0.3) is 0 Å². The molecule has 2 aromatic rings. The zero-order valence-electron chi connectivity index (χ0n) is 21.8. The van der Waals surface area contributed by atoms with Gasteiger partial charge in [0, 0.05) is 24.9 Å². The summed E-state index contributed by atoms with van der Waals surface area (Å²) in [6.45, 7) is 15.3. The van der Waals surface area contributed by atoms with Crippen molar-refractivity contribution in [1.82, 2.24) is 9.96 Å². The van der Waals surface area contributed by atoms with Crippen molar-refractivity contribution in [2.45, 2.75) is 45.6 Å². The van der Waals surface area contributed by atoms with E-state index >= 15 is 0 Å². The fraction of sp³-hybridized carbons (Fsp3) is 0.367. The Hall–Kier alpha value is -2.86. The van der Waals surface area contributed by atoms with Gasteiger partial charge in [0.15, 0.2) is 0 Å². The molecule has 0 spiro atoms. The van der Waals surface area contributed by atoms with Gasteiger partial charge in [0.25, 0.3) is 0 Å². The number of allylic oxidation sites excluding steroid dienone is 1. The number of nitrogens with one attached hydrogen (secondary N) is 1. The maximum absolute atomic E-state index is 6.54. The van der Waals surface area contributed by atoms with E-state index in [4.69, 9.17) is 16.4 Å². The highest BCUT2D eigenvalue weighted by Crippen LogP contribution is 2.35. The van der Waals surface area contributed by atoms with Gasteiger partial charge >= 0.3 is 0 Å². The molecule has 1 aliphatic rings. The highest BCUT2D eigenvalue weighted by molar-refractivity contribution is 6.31. The minimum atomic E-state index is 0.0934. The monoisotopic (exact) mass is 506 g/mol. The van der Waals surface area contributed by atoms with E-state index in [2.05, 4.69) is 78.7 Å². The van der Waals surface area contributed by atoms with Gasteiger partial charge in [-0.25, -0.2) is 10.1 Å². The lowest BCUT2D eigenvalue weighted by atomic mass is 10.0. The van der Waals surface area contributed by atoms with Crippen LogP contribution < -0.4 is 5.32 Å². The van der Waals surface area contributed by atoms with E-state index in [1.807, 2.05) is 25.1 Å². The quantitative estimate of drug-likeness (QED) is 0.142. The van der Waals surface area contributed by atoms with Crippen LogP contribution in [0.5, 0.6) is 0 Å². The Balaban J connectivity index is 1.52. The molecule has 1 atom stereocenters. The van der Waals surface area contributed by atoms with Gasteiger partial charge in [-0.05, 0) is 63.0 Å². The first kappa shape index (κ1) is 27.7. The molecule has 1 heterocycles. The summed E-state index contributed by atoms with van der Waals surface area (Å²) in [6.07, 6.45) is 5.60. The van der Waals surface area contributed by atoms with E-state index in [1.165, 1.54) is 23.1 Å². The Labute approximate surface area is 221 Å². The molecular formula is C30H39ClN4O. The number of hydrogen-bond donors (Lipinski definition) is 1. The zero-order chi connectivity index (χ0) is 25.9. The summed E-state index contributed by atoms with van der Waals surface area (Å²) < 4.78 is 0. The molecule has 0 amide bonds. The van der Waals surface area contributed by atoms with Crippen molar-refractivity contribution < 1.29 is 4.84 Å². The highest BCUT2D eigenvalue weighted by atomic mass is 35.5. The van der Waals surface area contributed by atoms with Crippen LogP contribution in [0.15, 0.2) is 95.2 Å². The molecular weight excluding hydrogens is 468 g/mol. The van der Waals surface area contributed by atoms with Crippen molar-refractivity contribution in [3.8, 4) is 0 Å². The van der Waals surface area contributed by atoms with Crippen LogP contribution in [-0.2, 0) is 11.3 Å². The average Bonchev–Trinajstić information content (AvgIpc) is 3.37. The lowest BCUT2D eigenvalue weighted by molar-refractivity contribution is -0.0981.